The van der Waals surface area contributed by atoms with Crippen LogP contribution in [0.4, 0.5) is 0 Å². The second-order valence-electron chi connectivity index (χ2n) is 5.70. The van der Waals surface area contributed by atoms with E-state index in [1.165, 1.54) is 38.5 Å². The summed E-state index contributed by atoms with van der Waals surface area (Å²) >= 11 is 0. The average molecular weight is 314 g/mol. The van der Waals surface area contributed by atoms with Crippen LogP contribution in [0.2, 0.25) is 0 Å². The lowest BCUT2D eigenvalue weighted by Gasteiger charge is -2.07. The van der Waals surface area contributed by atoms with E-state index in [4.69, 9.17) is 10.8 Å². The van der Waals surface area contributed by atoms with Crippen LogP contribution in [0, 0.1) is 0 Å². The Labute approximate surface area is 132 Å². The van der Waals surface area contributed by atoms with Gasteiger partial charge in [-0.05, 0) is 6.42 Å². The van der Waals surface area contributed by atoms with E-state index in [1.807, 2.05) is 0 Å². The number of carboxylic acid groups (broad SMARTS) is 1. The van der Waals surface area contributed by atoms with Crippen LogP contribution < -0.4 is 11.1 Å². The minimum Gasteiger partial charge on any atom is -0.480 e. The Morgan fingerprint density at radius 1 is 0.909 bits per heavy atom. The van der Waals surface area contributed by atoms with Gasteiger partial charge in [0.2, 0.25) is 11.8 Å². The van der Waals surface area contributed by atoms with Gasteiger partial charge in [0.25, 0.3) is 0 Å². The topological polar surface area (TPSA) is 109 Å². The van der Waals surface area contributed by atoms with Crippen LogP contribution in [0.25, 0.3) is 0 Å². The molecule has 4 N–H and O–H groups in total. The van der Waals surface area contributed by atoms with Gasteiger partial charge in [-0.1, -0.05) is 58.3 Å². The molecule has 22 heavy (non-hydrogen) atoms. The molecule has 0 heterocycles. The number of carbonyl (C=O) groups is 3. The largest absolute Gasteiger partial charge is 0.480 e. The van der Waals surface area contributed by atoms with Crippen molar-refractivity contribution in [2.75, 3.05) is 0 Å². The molecule has 6 nitrogen and oxygen atoms in total. The summed E-state index contributed by atoms with van der Waals surface area (Å²) in [4.78, 5) is 33.3. The molecule has 0 bridgehead atoms. The predicted octanol–water partition coefficient (Wildman–Crippen LogP) is 2.35. The van der Waals surface area contributed by atoms with Crippen molar-refractivity contribution in [1.82, 2.24) is 5.32 Å². The van der Waals surface area contributed by atoms with Crippen molar-refractivity contribution in [3.05, 3.63) is 0 Å². The van der Waals surface area contributed by atoms with Gasteiger partial charge in [-0.15, -0.1) is 0 Å². The average Bonchev–Trinajstić information content (AvgIpc) is 2.45. The fourth-order valence-corrected chi connectivity index (χ4v) is 2.15. The Bertz CT molecular complexity index is 345. The van der Waals surface area contributed by atoms with Crippen LogP contribution in [-0.4, -0.2) is 28.9 Å². The first-order chi connectivity index (χ1) is 10.5. The van der Waals surface area contributed by atoms with Crippen LogP contribution in [0.3, 0.4) is 0 Å². The lowest BCUT2D eigenvalue weighted by atomic mass is 10.1. The van der Waals surface area contributed by atoms with Crippen molar-refractivity contribution in [3.8, 4) is 0 Å². The molecule has 0 aliphatic rings. The molecule has 1 atom stereocenters. The molecule has 0 aliphatic heterocycles. The third-order valence-corrected chi connectivity index (χ3v) is 3.51. The lowest BCUT2D eigenvalue weighted by Crippen LogP contribution is -2.39. The number of unbranched alkanes of at least 4 members (excludes halogenated alkanes) is 8. The molecular weight excluding hydrogens is 284 g/mol. The molecule has 0 rings (SSSR count). The van der Waals surface area contributed by atoms with E-state index >= 15 is 0 Å². The second-order valence-corrected chi connectivity index (χ2v) is 5.70. The molecule has 0 aromatic rings. The first-order valence-electron chi connectivity index (χ1n) is 8.28. The fraction of sp³-hybridized carbons (Fsp3) is 0.812. The maximum Gasteiger partial charge on any atom is 0.321 e. The van der Waals surface area contributed by atoms with E-state index in [9.17, 15) is 14.4 Å². The summed E-state index contributed by atoms with van der Waals surface area (Å²) < 4.78 is 0. The zero-order chi connectivity index (χ0) is 16.8. The molecule has 0 saturated carbocycles. The summed E-state index contributed by atoms with van der Waals surface area (Å²) in [6.45, 7) is 2.20. The second kappa shape index (κ2) is 13.2. The number of hydrogen-bond donors (Lipinski definition) is 3. The summed E-state index contributed by atoms with van der Waals surface area (Å²) in [6.07, 6.45) is 10.3. The van der Waals surface area contributed by atoms with Crippen molar-refractivity contribution >= 4 is 17.8 Å². The highest BCUT2D eigenvalue weighted by atomic mass is 16.4. The third kappa shape index (κ3) is 12.3. The highest BCUT2D eigenvalue weighted by Crippen LogP contribution is 2.10. The van der Waals surface area contributed by atoms with Gasteiger partial charge >= 0.3 is 5.97 Å². The Hall–Kier alpha value is -1.43. The first-order valence-corrected chi connectivity index (χ1v) is 8.28. The van der Waals surface area contributed by atoms with E-state index in [1.54, 1.807) is 0 Å². The van der Waals surface area contributed by atoms with Crippen molar-refractivity contribution in [3.63, 3.8) is 0 Å². The molecule has 2 amide bonds. The van der Waals surface area contributed by atoms with Crippen LogP contribution in [-0.2, 0) is 14.4 Å². The minimum atomic E-state index is -1.26. The summed E-state index contributed by atoms with van der Waals surface area (Å²) in [5, 5.41) is 10.7. The van der Waals surface area contributed by atoms with Crippen molar-refractivity contribution in [2.24, 2.45) is 5.73 Å². The van der Waals surface area contributed by atoms with Gasteiger partial charge in [0.05, 0.1) is 6.42 Å². The van der Waals surface area contributed by atoms with Crippen LogP contribution in [0.15, 0.2) is 0 Å². The van der Waals surface area contributed by atoms with Gasteiger partial charge < -0.3 is 10.8 Å². The number of imide groups is 1. The number of hydrogen-bond acceptors (Lipinski definition) is 4. The molecule has 0 saturated heterocycles. The van der Waals surface area contributed by atoms with Crippen molar-refractivity contribution in [2.45, 2.75) is 83.6 Å². The van der Waals surface area contributed by atoms with E-state index in [-0.39, 0.29) is 12.3 Å². The number of carbonyl (C=O) groups excluding carboxylic acids is 2. The van der Waals surface area contributed by atoms with Gasteiger partial charge in [-0.2, -0.15) is 0 Å². The number of carboxylic acids is 1. The highest BCUT2D eigenvalue weighted by Gasteiger charge is 2.17. The number of nitrogens with one attached hydrogen (secondary N) is 1. The lowest BCUT2D eigenvalue weighted by molar-refractivity contribution is -0.141. The predicted molar refractivity (Wildman–Crippen MR) is 85.2 cm³/mol. The van der Waals surface area contributed by atoms with Gasteiger partial charge in [-0.25, -0.2) is 0 Å². The van der Waals surface area contributed by atoms with Gasteiger partial charge in [-0.3, -0.25) is 19.7 Å². The standard InChI is InChI=1S/C16H30N2O4/c1-2-3-4-5-6-7-8-9-10-11-14(19)18-15(20)12-13(17)16(21)22/h13H,2-12,17H2,1H3,(H,21,22)(H,18,19,20)/t13-/m0/s1. The third-order valence-electron chi connectivity index (χ3n) is 3.51. The first kappa shape index (κ1) is 20.6. The molecule has 0 fully saturated rings. The maximum absolute atomic E-state index is 11.5. The fourth-order valence-electron chi connectivity index (χ4n) is 2.15. The molecule has 0 aromatic carbocycles. The zero-order valence-corrected chi connectivity index (χ0v) is 13.6. The molecule has 6 heteroatoms. The van der Waals surface area contributed by atoms with E-state index in [0.717, 1.165) is 19.3 Å². The van der Waals surface area contributed by atoms with Crippen LogP contribution in [0.5, 0.6) is 0 Å². The molecule has 0 spiro atoms. The van der Waals surface area contributed by atoms with Gasteiger partial charge in [0, 0.05) is 6.42 Å². The molecule has 0 radical (unpaired) electrons. The number of rotatable bonds is 13. The van der Waals surface area contributed by atoms with E-state index in [2.05, 4.69) is 12.2 Å². The van der Waals surface area contributed by atoms with Gasteiger partial charge in [0.15, 0.2) is 0 Å². The summed E-state index contributed by atoms with van der Waals surface area (Å²) in [5.41, 5.74) is 5.22. The maximum atomic E-state index is 11.5. The van der Waals surface area contributed by atoms with E-state index < -0.39 is 17.9 Å². The van der Waals surface area contributed by atoms with Crippen LogP contribution in [0.1, 0.15) is 77.6 Å². The monoisotopic (exact) mass is 314 g/mol. The summed E-state index contributed by atoms with van der Waals surface area (Å²) in [6, 6.07) is -1.26. The molecular formula is C16H30N2O4. The van der Waals surface area contributed by atoms with Crippen molar-refractivity contribution in [1.29, 1.82) is 0 Å². The number of amides is 2. The smallest absolute Gasteiger partial charge is 0.321 e. The van der Waals surface area contributed by atoms with Gasteiger partial charge in [0.1, 0.15) is 6.04 Å². The highest BCUT2D eigenvalue weighted by molar-refractivity contribution is 5.96. The molecule has 0 aliphatic carbocycles. The minimum absolute atomic E-state index is 0.296. The SMILES string of the molecule is CCCCCCCCCCCC(=O)NC(=O)C[C@H](N)C(=O)O. The Balaban J connectivity index is 3.50. The Kier molecular flexibility index (Phi) is 12.4. The van der Waals surface area contributed by atoms with Crippen LogP contribution >= 0.6 is 0 Å². The quantitative estimate of drug-likeness (QED) is 0.452. The number of aliphatic carboxylic acids is 1. The molecule has 128 valence electrons. The molecule has 0 aromatic heterocycles. The van der Waals surface area contributed by atoms with Crippen molar-refractivity contribution < 1.29 is 19.5 Å². The normalized spacial score (nSPS) is 11.9. The molecule has 0 unspecified atom stereocenters. The summed E-state index contributed by atoms with van der Waals surface area (Å²) in [7, 11) is 0. The summed E-state index contributed by atoms with van der Waals surface area (Å²) in [5.74, 6) is -2.23. The Morgan fingerprint density at radius 3 is 1.91 bits per heavy atom. The Morgan fingerprint density at radius 2 is 1.41 bits per heavy atom. The van der Waals surface area contributed by atoms with E-state index in [0.29, 0.717) is 6.42 Å². The number of nitrogens with two attached hydrogens (primary N) is 1. The zero-order valence-electron chi connectivity index (χ0n) is 13.6.